The van der Waals surface area contributed by atoms with Crippen LogP contribution in [-0.2, 0) is 20.6 Å². The molecule has 1 amide bonds. The normalized spacial score (nSPS) is 23.3. The Balaban J connectivity index is 1.64. The Hall–Kier alpha value is -1.34. The van der Waals surface area contributed by atoms with Crippen LogP contribution in [0.15, 0.2) is 12.4 Å². The van der Waals surface area contributed by atoms with Crippen LogP contribution in [-0.4, -0.2) is 40.0 Å². The van der Waals surface area contributed by atoms with Gasteiger partial charge in [-0.1, -0.05) is 0 Å². The number of nitrogens with one attached hydrogen (secondary N) is 1. The van der Waals surface area contributed by atoms with Crippen molar-refractivity contribution < 1.29 is 14.1 Å². The van der Waals surface area contributed by atoms with Crippen LogP contribution in [0.3, 0.4) is 0 Å². The molecule has 1 N–H and O–H groups in total. The van der Waals surface area contributed by atoms with Crippen molar-refractivity contribution in [2.24, 2.45) is 0 Å². The molecule has 1 aromatic heterocycles. The SMILES string of the molecule is CC1(C)OB(c2cnn(CC(=O)NC3CC3)c2)OC1(C)C. The molecule has 2 aliphatic rings. The van der Waals surface area contributed by atoms with Crippen molar-refractivity contribution >= 4 is 18.5 Å². The molecule has 1 saturated carbocycles. The van der Waals surface area contributed by atoms with Gasteiger partial charge >= 0.3 is 7.12 Å². The number of carbonyl (C=O) groups excluding carboxylic acids is 1. The van der Waals surface area contributed by atoms with Gasteiger partial charge in [-0.2, -0.15) is 5.10 Å². The summed E-state index contributed by atoms with van der Waals surface area (Å²) in [5, 5.41) is 7.16. The average molecular weight is 291 g/mol. The molecule has 1 aromatic rings. The first kappa shape index (κ1) is 14.6. The summed E-state index contributed by atoms with van der Waals surface area (Å²) in [6, 6.07) is 0.371. The summed E-state index contributed by atoms with van der Waals surface area (Å²) in [7, 11) is -0.435. The van der Waals surface area contributed by atoms with Crippen molar-refractivity contribution in [1.82, 2.24) is 15.1 Å². The third-order valence-electron chi connectivity index (χ3n) is 4.43. The first-order valence-electron chi connectivity index (χ1n) is 7.44. The molecule has 114 valence electrons. The van der Waals surface area contributed by atoms with E-state index in [1.807, 2.05) is 33.9 Å². The molecule has 0 unspecified atom stereocenters. The summed E-state index contributed by atoms with van der Waals surface area (Å²) in [5.74, 6) is 0.000989. The zero-order valence-corrected chi connectivity index (χ0v) is 13.0. The van der Waals surface area contributed by atoms with Gasteiger partial charge in [-0.15, -0.1) is 0 Å². The van der Waals surface area contributed by atoms with E-state index in [1.165, 1.54) is 0 Å². The van der Waals surface area contributed by atoms with Crippen molar-refractivity contribution in [2.75, 3.05) is 0 Å². The second kappa shape index (κ2) is 4.85. The van der Waals surface area contributed by atoms with E-state index in [9.17, 15) is 4.79 Å². The van der Waals surface area contributed by atoms with E-state index in [1.54, 1.807) is 10.9 Å². The standard InChI is InChI=1S/C14H22BN3O3/c1-13(2)14(3,4)21-15(20-13)10-7-16-18(8-10)9-12(19)17-11-5-6-11/h7-8,11H,5-6,9H2,1-4H3,(H,17,19). The van der Waals surface area contributed by atoms with Gasteiger partial charge in [0.1, 0.15) is 6.54 Å². The Morgan fingerprint density at radius 2 is 2.00 bits per heavy atom. The lowest BCUT2D eigenvalue weighted by molar-refractivity contribution is -0.122. The van der Waals surface area contributed by atoms with Crippen molar-refractivity contribution in [2.45, 2.75) is 64.3 Å². The lowest BCUT2D eigenvalue weighted by atomic mass is 9.82. The molecule has 0 atom stereocenters. The van der Waals surface area contributed by atoms with E-state index < -0.39 is 7.12 Å². The molecule has 0 bridgehead atoms. The van der Waals surface area contributed by atoms with Gasteiger partial charge in [0.25, 0.3) is 0 Å². The lowest BCUT2D eigenvalue weighted by Gasteiger charge is -2.32. The van der Waals surface area contributed by atoms with Crippen LogP contribution < -0.4 is 10.8 Å². The zero-order valence-electron chi connectivity index (χ0n) is 13.0. The molecule has 1 saturated heterocycles. The molecule has 21 heavy (non-hydrogen) atoms. The maximum Gasteiger partial charge on any atom is 0.498 e. The number of hydrogen-bond acceptors (Lipinski definition) is 4. The minimum Gasteiger partial charge on any atom is -0.399 e. The maximum atomic E-state index is 11.8. The van der Waals surface area contributed by atoms with Crippen molar-refractivity contribution in [3.63, 3.8) is 0 Å². The number of rotatable bonds is 4. The van der Waals surface area contributed by atoms with Gasteiger partial charge in [-0.3, -0.25) is 9.48 Å². The fourth-order valence-corrected chi connectivity index (χ4v) is 2.22. The van der Waals surface area contributed by atoms with Crippen LogP contribution >= 0.6 is 0 Å². The molecule has 2 fully saturated rings. The van der Waals surface area contributed by atoms with Crippen molar-refractivity contribution in [1.29, 1.82) is 0 Å². The Bertz CT molecular complexity index is 535. The first-order chi connectivity index (χ1) is 9.77. The van der Waals surface area contributed by atoms with Crippen LogP contribution in [0.2, 0.25) is 0 Å². The van der Waals surface area contributed by atoms with Gasteiger partial charge in [0, 0.05) is 23.9 Å². The van der Waals surface area contributed by atoms with E-state index in [-0.39, 0.29) is 23.7 Å². The van der Waals surface area contributed by atoms with E-state index >= 15 is 0 Å². The Morgan fingerprint density at radius 1 is 1.38 bits per heavy atom. The summed E-state index contributed by atoms with van der Waals surface area (Å²) in [6.45, 7) is 8.29. The molecule has 1 aliphatic heterocycles. The first-order valence-corrected chi connectivity index (χ1v) is 7.44. The van der Waals surface area contributed by atoms with E-state index in [0.29, 0.717) is 6.04 Å². The third-order valence-corrected chi connectivity index (χ3v) is 4.43. The smallest absolute Gasteiger partial charge is 0.399 e. The van der Waals surface area contributed by atoms with Gasteiger partial charge < -0.3 is 14.6 Å². The molecule has 0 radical (unpaired) electrons. The summed E-state index contributed by atoms with van der Waals surface area (Å²) < 4.78 is 13.6. The summed E-state index contributed by atoms with van der Waals surface area (Å²) in [5.41, 5.74) is 0.0968. The maximum absolute atomic E-state index is 11.8. The minimum absolute atomic E-state index is 0.000989. The number of aromatic nitrogens is 2. The van der Waals surface area contributed by atoms with Crippen LogP contribution in [0.4, 0.5) is 0 Å². The lowest BCUT2D eigenvalue weighted by Crippen LogP contribution is -2.41. The highest BCUT2D eigenvalue weighted by Gasteiger charge is 2.52. The molecular formula is C14H22BN3O3. The van der Waals surface area contributed by atoms with E-state index in [4.69, 9.17) is 9.31 Å². The molecule has 3 rings (SSSR count). The highest BCUT2D eigenvalue weighted by Crippen LogP contribution is 2.36. The fraction of sp³-hybridized carbons (Fsp3) is 0.714. The van der Waals surface area contributed by atoms with E-state index in [0.717, 1.165) is 18.3 Å². The predicted octanol–water partition coefficient (Wildman–Crippen LogP) is 0.461. The fourth-order valence-electron chi connectivity index (χ4n) is 2.22. The quantitative estimate of drug-likeness (QED) is 0.819. The van der Waals surface area contributed by atoms with Crippen LogP contribution in [0.1, 0.15) is 40.5 Å². The highest BCUT2D eigenvalue weighted by atomic mass is 16.7. The monoisotopic (exact) mass is 291 g/mol. The summed E-state index contributed by atoms with van der Waals surface area (Å²) in [4.78, 5) is 11.8. The molecule has 7 heteroatoms. The number of nitrogens with zero attached hydrogens (tertiary/aromatic N) is 2. The third kappa shape index (κ3) is 2.99. The summed E-state index contributed by atoms with van der Waals surface area (Å²) in [6.07, 6.45) is 5.69. The van der Waals surface area contributed by atoms with Gasteiger partial charge in [0.05, 0.1) is 11.2 Å². The van der Waals surface area contributed by atoms with Crippen LogP contribution in [0, 0.1) is 0 Å². The number of amides is 1. The van der Waals surface area contributed by atoms with E-state index in [2.05, 4.69) is 10.4 Å². The Morgan fingerprint density at radius 3 is 2.57 bits per heavy atom. The molecule has 0 aromatic carbocycles. The topological polar surface area (TPSA) is 65.4 Å². The van der Waals surface area contributed by atoms with Crippen molar-refractivity contribution in [3.8, 4) is 0 Å². The largest absolute Gasteiger partial charge is 0.498 e. The molecule has 2 heterocycles. The Kier molecular flexibility index (Phi) is 3.37. The van der Waals surface area contributed by atoms with Crippen molar-refractivity contribution in [3.05, 3.63) is 12.4 Å². The highest BCUT2D eigenvalue weighted by molar-refractivity contribution is 6.62. The Labute approximate surface area is 125 Å². The second-order valence-electron chi connectivity index (χ2n) is 6.90. The zero-order chi connectivity index (χ0) is 15.3. The van der Waals surface area contributed by atoms with Gasteiger partial charge in [-0.05, 0) is 40.5 Å². The molecule has 6 nitrogen and oxygen atoms in total. The number of hydrogen-bond donors (Lipinski definition) is 1. The molecule has 0 spiro atoms. The molecule has 1 aliphatic carbocycles. The van der Waals surface area contributed by atoms with Gasteiger partial charge in [0.2, 0.25) is 5.91 Å². The minimum atomic E-state index is -0.435. The molecular weight excluding hydrogens is 269 g/mol. The predicted molar refractivity (Wildman–Crippen MR) is 79.1 cm³/mol. The van der Waals surface area contributed by atoms with Crippen LogP contribution in [0.5, 0.6) is 0 Å². The summed E-state index contributed by atoms with van der Waals surface area (Å²) >= 11 is 0. The number of carbonyl (C=O) groups is 1. The van der Waals surface area contributed by atoms with Gasteiger partial charge in [-0.25, -0.2) is 0 Å². The van der Waals surface area contributed by atoms with Crippen LogP contribution in [0.25, 0.3) is 0 Å². The average Bonchev–Trinajstić information content (AvgIpc) is 2.97. The second-order valence-corrected chi connectivity index (χ2v) is 6.90. The van der Waals surface area contributed by atoms with Gasteiger partial charge in [0.15, 0.2) is 0 Å².